The first-order valence-electron chi connectivity index (χ1n) is 6.49. The summed E-state index contributed by atoms with van der Waals surface area (Å²) in [6.07, 6.45) is 1.11. The normalized spacial score (nSPS) is 19.6. The smallest absolute Gasteiger partial charge is 0.248 e. The quantitative estimate of drug-likeness (QED) is 0.853. The molecule has 1 saturated carbocycles. The predicted octanol–water partition coefficient (Wildman–Crippen LogP) is 4.50. The summed E-state index contributed by atoms with van der Waals surface area (Å²) in [6.45, 7) is 1.28. The number of halogens is 4. The van der Waals surface area contributed by atoms with E-state index in [1.54, 1.807) is 6.07 Å². The number of hydrogen-bond acceptors (Lipinski definition) is 1. The zero-order valence-corrected chi connectivity index (χ0v) is 12.1. The molecule has 0 saturated heterocycles. The van der Waals surface area contributed by atoms with E-state index in [4.69, 9.17) is 0 Å². The molecule has 2 rings (SSSR count). The zero-order chi connectivity index (χ0) is 13.9. The maximum Gasteiger partial charge on any atom is 0.248 e. The first-order valence-corrected chi connectivity index (χ1v) is 7.28. The van der Waals surface area contributed by atoms with Crippen LogP contribution >= 0.6 is 15.9 Å². The molecule has 0 aliphatic heterocycles. The van der Waals surface area contributed by atoms with E-state index in [1.807, 2.05) is 6.07 Å². The van der Waals surface area contributed by atoms with Crippen LogP contribution in [0.15, 0.2) is 22.7 Å². The van der Waals surface area contributed by atoms with Gasteiger partial charge in [-0.25, -0.2) is 13.2 Å². The first kappa shape index (κ1) is 14.9. The molecule has 1 aromatic rings. The van der Waals surface area contributed by atoms with Crippen LogP contribution in [0.25, 0.3) is 0 Å². The zero-order valence-electron chi connectivity index (χ0n) is 10.6. The summed E-state index contributed by atoms with van der Waals surface area (Å²) in [5.74, 6) is -2.44. The van der Waals surface area contributed by atoms with Crippen LogP contribution < -0.4 is 5.32 Å². The second-order valence-corrected chi connectivity index (χ2v) is 6.03. The van der Waals surface area contributed by atoms with Gasteiger partial charge in [0, 0.05) is 19.4 Å². The Bertz CT molecular complexity index is 427. The Morgan fingerprint density at radius 3 is 2.58 bits per heavy atom. The highest BCUT2D eigenvalue weighted by atomic mass is 79.9. The molecule has 0 aromatic heterocycles. The number of alkyl halides is 2. The third-order valence-electron chi connectivity index (χ3n) is 3.58. The van der Waals surface area contributed by atoms with E-state index in [1.165, 1.54) is 6.07 Å². The molecule has 0 unspecified atom stereocenters. The van der Waals surface area contributed by atoms with E-state index in [-0.39, 0.29) is 18.7 Å². The Kier molecular flexibility index (Phi) is 4.90. The number of benzene rings is 1. The van der Waals surface area contributed by atoms with Crippen LogP contribution in [0.3, 0.4) is 0 Å². The number of nitrogens with one attached hydrogen (secondary N) is 1. The highest BCUT2D eigenvalue weighted by Gasteiger charge is 2.34. The van der Waals surface area contributed by atoms with Crippen molar-refractivity contribution >= 4 is 15.9 Å². The van der Waals surface area contributed by atoms with Crippen molar-refractivity contribution in [2.75, 3.05) is 6.54 Å². The maximum absolute atomic E-state index is 13.3. The molecule has 19 heavy (non-hydrogen) atoms. The third-order valence-corrected chi connectivity index (χ3v) is 4.23. The van der Waals surface area contributed by atoms with E-state index in [9.17, 15) is 13.2 Å². The van der Waals surface area contributed by atoms with Crippen molar-refractivity contribution in [3.63, 3.8) is 0 Å². The van der Waals surface area contributed by atoms with Gasteiger partial charge in [0.15, 0.2) is 0 Å². The Morgan fingerprint density at radius 2 is 1.95 bits per heavy atom. The fourth-order valence-corrected chi connectivity index (χ4v) is 2.62. The number of rotatable bonds is 4. The molecule has 1 N–H and O–H groups in total. The molecule has 106 valence electrons. The minimum Gasteiger partial charge on any atom is -0.312 e. The van der Waals surface area contributed by atoms with Crippen molar-refractivity contribution < 1.29 is 13.2 Å². The molecule has 0 heterocycles. The molecule has 1 nitrogen and oxygen atoms in total. The summed E-state index contributed by atoms with van der Waals surface area (Å²) < 4.78 is 39.7. The Morgan fingerprint density at radius 1 is 1.26 bits per heavy atom. The summed E-state index contributed by atoms with van der Waals surface area (Å²) in [7, 11) is 0. The molecule has 1 aliphatic carbocycles. The molecule has 0 radical (unpaired) electrons. The lowest BCUT2D eigenvalue weighted by atomic mass is 9.87. The summed E-state index contributed by atoms with van der Waals surface area (Å²) >= 11 is 3.10. The molecule has 5 heteroatoms. The van der Waals surface area contributed by atoms with E-state index in [0.29, 0.717) is 36.3 Å². The number of hydrogen-bond donors (Lipinski definition) is 1. The van der Waals surface area contributed by atoms with Gasteiger partial charge in [-0.05, 0) is 58.9 Å². The lowest BCUT2D eigenvalue weighted by Gasteiger charge is -2.28. The van der Waals surface area contributed by atoms with Crippen LogP contribution in [0, 0.1) is 11.7 Å². The van der Waals surface area contributed by atoms with Crippen LogP contribution in [-0.2, 0) is 6.54 Å². The van der Waals surface area contributed by atoms with Gasteiger partial charge in [0.1, 0.15) is 5.82 Å². The topological polar surface area (TPSA) is 12.0 Å². The second kappa shape index (κ2) is 6.27. The van der Waals surface area contributed by atoms with Crippen molar-refractivity contribution in [2.24, 2.45) is 5.92 Å². The highest BCUT2D eigenvalue weighted by Crippen LogP contribution is 2.35. The summed E-state index contributed by atoms with van der Waals surface area (Å²) in [5.41, 5.74) is 0.863. The van der Waals surface area contributed by atoms with Crippen LogP contribution in [0.1, 0.15) is 31.2 Å². The average molecular weight is 336 g/mol. The van der Waals surface area contributed by atoms with Crippen LogP contribution in [0.5, 0.6) is 0 Å². The van der Waals surface area contributed by atoms with Gasteiger partial charge in [-0.3, -0.25) is 0 Å². The van der Waals surface area contributed by atoms with E-state index >= 15 is 0 Å². The lowest BCUT2D eigenvalue weighted by Crippen LogP contribution is -2.30. The van der Waals surface area contributed by atoms with Crippen molar-refractivity contribution in [2.45, 2.75) is 38.2 Å². The molecule has 1 aliphatic rings. The molecule has 0 spiro atoms. The summed E-state index contributed by atoms with van der Waals surface area (Å²) in [4.78, 5) is 0. The fourth-order valence-electron chi connectivity index (χ4n) is 2.37. The largest absolute Gasteiger partial charge is 0.312 e. The van der Waals surface area contributed by atoms with E-state index in [2.05, 4.69) is 21.2 Å². The third kappa shape index (κ3) is 4.49. The SMILES string of the molecule is Fc1cc(CNCC2CCC(F)(F)CC2)ccc1Br. The van der Waals surface area contributed by atoms with E-state index < -0.39 is 5.92 Å². The van der Waals surface area contributed by atoms with Crippen molar-refractivity contribution in [1.82, 2.24) is 5.32 Å². The van der Waals surface area contributed by atoms with Crippen molar-refractivity contribution in [3.05, 3.63) is 34.1 Å². The molecule has 1 fully saturated rings. The van der Waals surface area contributed by atoms with Gasteiger partial charge in [-0.15, -0.1) is 0 Å². The van der Waals surface area contributed by atoms with Gasteiger partial charge >= 0.3 is 0 Å². The summed E-state index contributed by atoms with van der Waals surface area (Å²) in [6, 6.07) is 4.99. The van der Waals surface area contributed by atoms with E-state index in [0.717, 1.165) is 5.56 Å². The minimum absolute atomic E-state index is 0.00768. The van der Waals surface area contributed by atoms with Gasteiger partial charge in [-0.1, -0.05) is 6.07 Å². The van der Waals surface area contributed by atoms with Crippen molar-refractivity contribution in [1.29, 1.82) is 0 Å². The predicted molar refractivity (Wildman–Crippen MR) is 72.7 cm³/mol. The molecule has 0 amide bonds. The fraction of sp³-hybridized carbons (Fsp3) is 0.571. The molecular formula is C14H17BrF3N. The first-order chi connectivity index (χ1) is 8.96. The van der Waals surface area contributed by atoms with Crippen molar-refractivity contribution in [3.8, 4) is 0 Å². The van der Waals surface area contributed by atoms with Gasteiger partial charge in [0.05, 0.1) is 4.47 Å². The maximum atomic E-state index is 13.3. The lowest BCUT2D eigenvalue weighted by molar-refractivity contribution is -0.0455. The van der Waals surface area contributed by atoms with Gasteiger partial charge in [-0.2, -0.15) is 0 Å². The van der Waals surface area contributed by atoms with Gasteiger partial charge in [0.25, 0.3) is 0 Å². The highest BCUT2D eigenvalue weighted by molar-refractivity contribution is 9.10. The van der Waals surface area contributed by atoms with Crippen LogP contribution in [-0.4, -0.2) is 12.5 Å². The van der Waals surface area contributed by atoms with Crippen LogP contribution in [0.2, 0.25) is 0 Å². The molecule has 1 aromatic carbocycles. The second-order valence-electron chi connectivity index (χ2n) is 5.18. The molecular weight excluding hydrogens is 319 g/mol. The standard InChI is InChI=1S/C14H17BrF3N/c15-12-2-1-11(7-13(12)16)9-19-8-10-3-5-14(17,18)6-4-10/h1-2,7,10,19H,3-6,8-9H2. The Labute approximate surface area is 119 Å². The minimum atomic E-state index is -2.47. The monoisotopic (exact) mass is 335 g/mol. The Hall–Kier alpha value is -0.550. The van der Waals surface area contributed by atoms with Gasteiger partial charge in [0.2, 0.25) is 5.92 Å². The Balaban J connectivity index is 1.73. The summed E-state index contributed by atoms with van der Waals surface area (Å²) in [5, 5.41) is 3.22. The molecule has 0 bridgehead atoms. The average Bonchev–Trinajstić information content (AvgIpc) is 2.36. The van der Waals surface area contributed by atoms with Crippen LogP contribution in [0.4, 0.5) is 13.2 Å². The van der Waals surface area contributed by atoms with Gasteiger partial charge < -0.3 is 5.32 Å². The molecule has 0 atom stereocenters.